The Morgan fingerprint density at radius 2 is 1.23 bits per heavy atom. The Balaban J connectivity index is 1.24. The monoisotopic (exact) mass is 592 g/mol. The lowest BCUT2D eigenvalue weighted by Crippen LogP contribution is -2.40. The number of hydrogen-bond donors (Lipinski definition) is 3. The van der Waals surface area contributed by atoms with Gasteiger partial charge in [-0.15, -0.1) is 0 Å². The molecule has 0 aliphatic carbocycles. The molecule has 4 aromatic rings. The second-order valence-electron chi connectivity index (χ2n) is 11.5. The predicted molar refractivity (Wildman–Crippen MR) is 167 cm³/mol. The zero-order chi connectivity index (χ0) is 31.0. The van der Waals surface area contributed by atoms with Crippen molar-refractivity contribution in [3.63, 3.8) is 0 Å². The molecule has 12 nitrogen and oxygen atoms in total. The van der Waals surface area contributed by atoms with Crippen LogP contribution in [0.5, 0.6) is 0 Å². The molecule has 2 heterocycles. The Morgan fingerprint density at radius 1 is 0.744 bits per heavy atom. The number of rotatable bonds is 13. The number of carbonyl (C=O) groups excluding carboxylic acids is 1. The van der Waals surface area contributed by atoms with Gasteiger partial charge in [-0.2, -0.15) is 0 Å². The molecule has 0 bridgehead atoms. The van der Waals surface area contributed by atoms with Crippen LogP contribution in [0.15, 0.2) is 67.7 Å². The number of nitrogens with zero attached hydrogens (tertiary/aromatic N) is 3. The topological polar surface area (TPSA) is 151 Å². The first kappa shape index (κ1) is 31.5. The Hall–Kier alpha value is -4.45. The smallest absolute Gasteiger partial charge is 0.410 e. The van der Waals surface area contributed by atoms with E-state index in [1.54, 1.807) is 74.2 Å². The zero-order valence-electron chi connectivity index (χ0n) is 25.0. The molecule has 0 fully saturated rings. The van der Waals surface area contributed by atoms with Gasteiger partial charge >= 0.3 is 17.5 Å². The van der Waals surface area contributed by atoms with E-state index >= 15 is 0 Å². The van der Waals surface area contributed by atoms with Gasteiger partial charge in [0, 0.05) is 26.2 Å². The van der Waals surface area contributed by atoms with Gasteiger partial charge in [-0.1, -0.05) is 24.3 Å². The van der Waals surface area contributed by atoms with E-state index in [-0.39, 0.29) is 17.7 Å². The summed E-state index contributed by atoms with van der Waals surface area (Å²) in [4.78, 5) is 70.3. The number of aromatic nitrogens is 4. The van der Waals surface area contributed by atoms with Crippen molar-refractivity contribution < 1.29 is 9.53 Å². The first-order valence-corrected chi connectivity index (χ1v) is 14.7. The van der Waals surface area contributed by atoms with Crippen molar-refractivity contribution in [3.8, 4) is 0 Å². The second-order valence-corrected chi connectivity index (χ2v) is 11.5. The first-order chi connectivity index (χ1) is 20.5. The van der Waals surface area contributed by atoms with E-state index in [9.17, 15) is 24.0 Å². The lowest BCUT2D eigenvalue weighted by atomic mass is 10.2. The quantitative estimate of drug-likeness (QED) is 0.202. The van der Waals surface area contributed by atoms with Gasteiger partial charge in [0.25, 0.3) is 11.1 Å². The largest absolute Gasteiger partial charge is 0.444 e. The number of benzene rings is 2. The van der Waals surface area contributed by atoms with Crippen LogP contribution < -0.4 is 27.8 Å². The van der Waals surface area contributed by atoms with Crippen LogP contribution in [0.1, 0.15) is 46.5 Å². The molecule has 43 heavy (non-hydrogen) atoms. The molecule has 4 rings (SSSR count). The van der Waals surface area contributed by atoms with Gasteiger partial charge in [-0.05, 0) is 83.8 Å². The van der Waals surface area contributed by atoms with Gasteiger partial charge in [-0.25, -0.2) is 14.4 Å². The van der Waals surface area contributed by atoms with Crippen molar-refractivity contribution in [2.24, 2.45) is 0 Å². The summed E-state index contributed by atoms with van der Waals surface area (Å²) in [6, 6.07) is 13.8. The standard InChI is InChI=1S/C31H40N6O6/c1-31(2,3)43-30(42)35(19-11-21-37-27(39)23-13-5-7-15-25(23)34-29(37)41)18-9-8-16-32-17-10-20-36-26(38)22-12-4-6-14-24(22)33-28(36)40/h4-7,12-15,32H,8-11,16-21H2,1-3H3,(H,33,40)(H,34,41). The van der Waals surface area contributed by atoms with Gasteiger partial charge in [0.1, 0.15) is 5.60 Å². The normalized spacial score (nSPS) is 11.7. The number of nitrogens with one attached hydrogen (secondary N) is 3. The lowest BCUT2D eigenvalue weighted by Gasteiger charge is -2.27. The second kappa shape index (κ2) is 14.1. The predicted octanol–water partition coefficient (Wildman–Crippen LogP) is 2.78. The maximum absolute atomic E-state index is 12.9. The van der Waals surface area contributed by atoms with Crippen LogP contribution in [0.3, 0.4) is 0 Å². The minimum atomic E-state index is -0.655. The average Bonchev–Trinajstić information content (AvgIpc) is 2.95. The minimum Gasteiger partial charge on any atom is -0.444 e. The van der Waals surface area contributed by atoms with Crippen LogP contribution in [-0.2, 0) is 17.8 Å². The fourth-order valence-corrected chi connectivity index (χ4v) is 4.88. The number of hydrogen-bond acceptors (Lipinski definition) is 7. The van der Waals surface area contributed by atoms with Crippen molar-refractivity contribution in [2.75, 3.05) is 26.2 Å². The number of unbranched alkanes of at least 4 members (excludes halogenated alkanes) is 1. The number of carbonyl (C=O) groups is 1. The summed E-state index contributed by atoms with van der Waals surface area (Å²) in [6.45, 7) is 8.02. The van der Waals surface area contributed by atoms with Crippen molar-refractivity contribution in [3.05, 3.63) is 90.2 Å². The molecule has 0 aliphatic rings. The minimum absolute atomic E-state index is 0.170. The van der Waals surface area contributed by atoms with Crippen LogP contribution in [0.4, 0.5) is 4.79 Å². The lowest BCUT2D eigenvalue weighted by molar-refractivity contribution is 0.0242. The molecule has 230 valence electrons. The highest BCUT2D eigenvalue weighted by Gasteiger charge is 2.22. The zero-order valence-corrected chi connectivity index (χ0v) is 25.0. The molecule has 2 aromatic carbocycles. The third-order valence-electron chi connectivity index (χ3n) is 7.01. The molecule has 0 saturated carbocycles. The Morgan fingerprint density at radius 3 is 1.79 bits per heavy atom. The molecule has 3 N–H and O–H groups in total. The van der Waals surface area contributed by atoms with Gasteiger partial charge in [0.2, 0.25) is 0 Å². The van der Waals surface area contributed by atoms with Crippen molar-refractivity contribution in [2.45, 2.75) is 65.1 Å². The fourth-order valence-electron chi connectivity index (χ4n) is 4.88. The summed E-state index contributed by atoms with van der Waals surface area (Å²) in [7, 11) is 0. The molecule has 1 amide bonds. The summed E-state index contributed by atoms with van der Waals surface area (Å²) in [6.07, 6.45) is 2.09. The van der Waals surface area contributed by atoms with Gasteiger partial charge in [0.15, 0.2) is 0 Å². The van der Waals surface area contributed by atoms with Crippen LogP contribution in [0.2, 0.25) is 0 Å². The van der Waals surface area contributed by atoms with E-state index in [1.807, 2.05) is 0 Å². The Kier molecular flexibility index (Phi) is 10.4. The van der Waals surface area contributed by atoms with Gasteiger partial charge in [0.05, 0.1) is 21.8 Å². The van der Waals surface area contributed by atoms with Crippen LogP contribution in [0.25, 0.3) is 21.8 Å². The third-order valence-corrected chi connectivity index (χ3v) is 7.01. The summed E-state index contributed by atoms with van der Waals surface area (Å²) in [5.74, 6) is 0. The Bertz CT molecular complexity index is 1800. The molecule has 0 saturated heterocycles. The molecule has 0 spiro atoms. The number of H-pyrrole nitrogens is 2. The maximum atomic E-state index is 12.9. The first-order valence-electron chi connectivity index (χ1n) is 14.7. The van der Waals surface area contributed by atoms with E-state index in [2.05, 4.69) is 15.3 Å². The van der Waals surface area contributed by atoms with E-state index in [4.69, 9.17) is 4.74 Å². The van der Waals surface area contributed by atoms with E-state index in [1.165, 1.54) is 9.13 Å². The summed E-state index contributed by atoms with van der Waals surface area (Å²) in [5.41, 5.74) is -1.17. The molecule has 0 unspecified atom stereocenters. The molecule has 12 heteroatoms. The number of fused-ring (bicyclic) bond motifs is 2. The van der Waals surface area contributed by atoms with Crippen molar-refractivity contribution in [1.29, 1.82) is 0 Å². The highest BCUT2D eigenvalue weighted by Crippen LogP contribution is 2.11. The van der Waals surface area contributed by atoms with E-state index < -0.39 is 23.1 Å². The Labute approximate surface area is 248 Å². The fraction of sp³-hybridized carbons (Fsp3) is 0.452. The molecule has 0 atom stereocenters. The highest BCUT2D eigenvalue weighted by molar-refractivity contribution is 5.77. The number of aromatic amines is 2. The van der Waals surface area contributed by atoms with E-state index in [0.29, 0.717) is 73.8 Å². The van der Waals surface area contributed by atoms with Gasteiger partial charge in [-0.3, -0.25) is 18.7 Å². The highest BCUT2D eigenvalue weighted by atomic mass is 16.6. The number of amides is 1. The molecular formula is C31H40N6O6. The van der Waals surface area contributed by atoms with E-state index in [0.717, 1.165) is 6.42 Å². The van der Waals surface area contributed by atoms with Crippen molar-refractivity contribution >= 4 is 27.9 Å². The third kappa shape index (κ3) is 8.31. The van der Waals surface area contributed by atoms with Gasteiger partial charge < -0.3 is 24.9 Å². The van der Waals surface area contributed by atoms with Crippen molar-refractivity contribution in [1.82, 2.24) is 29.3 Å². The number of para-hydroxylation sites is 2. The molecule has 0 aliphatic heterocycles. The van der Waals surface area contributed by atoms with Crippen LogP contribution in [-0.4, -0.2) is 61.9 Å². The maximum Gasteiger partial charge on any atom is 0.410 e. The molecular weight excluding hydrogens is 552 g/mol. The number of ether oxygens (including phenoxy) is 1. The summed E-state index contributed by atoms with van der Waals surface area (Å²) < 4.78 is 7.98. The molecule has 0 radical (unpaired) electrons. The average molecular weight is 593 g/mol. The van der Waals surface area contributed by atoms with Crippen LogP contribution >= 0.6 is 0 Å². The summed E-state index contributed by atoms with van der Waals surface area (Å²) >= 11 is 0. The summed E-state index contributed by atoms with van der Waals surface area (Å²) in [5, 5.41) is 4.25. The molecule has 2 aromatic heterocycles. The van der Waals surface area contributed by atoms with Crippen LogP contribution in [0, 0.1) is 0 Å². The SMILES string of the molecule is CC(C)(C)OC(=O)N(CCCCNCCCn1c(=O)[nH]c2ccccc2c1=O)CCCn1c(=O)[nH]c2ccccc2c1=O.